The number of hydrogen-bond donors (Lipinski definition) is 1. The summed E-state index contributed by atoms with van der Waals surface area (Å²) in [5.41, 5.74) is 0. The van der Waals surface area contributed by atoms with Gasteiger partial charge in [0.2, 0.25) is 5.76 Å². The van der Waals surface area contributed by atoms with Crippen molar-refractivity contribution in [3.05, 3.63) is 17.8 Å². The lowest BCUT2D eigenvalue weighted by atomic mass is 10.2. The van der Waals surface area contributed by atoms with Crippen molar-refractivity contribution in [3.8, 4) is 0 Å². The fraction of sp³-hybridized carbons (Fsp3) is 0.600. The largest absolute Gasteiger partial charge is 0.463 e. The number of ether oxygens (including phenoxy) is 1. The van der Waals surface area contributed by atoms with Crippen molar-refractivity contribution in [1.29, 1.82) is 0 Å². The summed E-state index contributed by atoms with van der Waals surface area (Å²) in [4.78, 5) is 15.1. The number of aromatic nitrogens is 1. The maximum absolute atomic E-state index is 11.1. The number of nitrogens with one attached hydrogen (secondary N) is 1. The van der Waals surface area contributed by atoms with Crippen LogP contribution in [0.15, 0.2) is 10.6 Å². The summed E-state index contributed by atoms with van der Waals surface area (Å²) >= 11 is 0. The fourth-order valence-corrected chi connectivity index (χ4v) is 1.74. The number of oxazole rings is 1. The van der Waals surface area contributed by atoms with Gasteiger partial charge in [0.15, 0.2) is 5.89 Å². The van der Waals surface area contributed by atoms with Crippen LogP contribution in [0, 0.1) is 0 Å². The highest BCUT2D eigenvalue weighted by Crippen LogP contribution is 2.12. The van der Waals surface area contributed by atoms with Gasteiger partial charge in [0, 0.05) is 12.5 Å². The Bertz CT molecular complexity index is 342. The van der Waals surface area contributed by atoms with Crippen molar-refractivity contribution in [2.45, 2.75) is 25.3 Å². The van der Waals surface area contributed by atoms with Gasteiger partial charge in [0.05, 0.1) is 13.3 Å². The van der Waals surface area contributed by atoms with E-state index in [4.69, 9.17) is 4.42 Å². The quantitative estimate of drug-likeness (QED) is 0.746. The molecule has 1 N–H and O–H groups in total. The third-order valence-corrected chi connectivity index (χ3v) is 2.52. The molecule has 15 heavy (non-hydrogen) atoms. The predicted molar refractivity (Wildman–Crippen MR) is 52.6 cm³/mol. The van der Waals surface area contributed by atoms with Crippen molar-refractivity contribution in [1.82, 2.24) is 10.3 Å². The van der Waals surface area contributed by atoms with E-state index >= 15 is 0 Å². The molecule has 1 saturated heterocycles. The summed E-state index contributed by atoms with van der Waals surface area (Å²) in [6.07, 6.45) is 4.47. The third-order valence-electron chi connectivity index (χ3n) is 2.52. The highest BCUT2D eigenvalue weighted by molar-refractivity contribution is 5.85. The van der Waals surface area contributed by atoms with Crippen LogP contribution in [-0.4, -0.2) is 30.6 Å². The smallest absolute Gasteiger partial charge is 0.375 e. The number of carbonyl (C=O) groups is 1. The van der Waals surface area contributed by atoms with Gasteiger partial charge in [-0.25, -0.2) is 9.78 Å². The molecule has 0 amide bonds. The predicted octanol–water partition coefficient (Wildman–Crippen LogP) is 0.756. The summed E-state index contributed by atoms with van der Waals surface area (Å²) in [5.74, 6) is 0.286. The van der Waals surface area contributed by atoms with E-state index in [1.807, 2.05) is 0 Å². The average molecular weight is 210 g/mol. The Morgan fingerprint density at radius 2 is 2.67 bits per heavy atom. The molecule has 82 valence electrons. The van der Waals surface area contributed by atoms with Crippen LogP contribution >= 0.6 is 0 Å². The number of nitrogens with zero attached hydrogens (tertiary/aromatic N) is 1. The molecule has 0 bridgehead atoms. The van der Waals surface area contributed by atoms with Crippen molar-refractivity contribution in [2.24, 2.45) is 0 Å². The minimum absolute atomic E-state index is 0.172. The molecule has 0 saturated carbocycles. The molecule has 1 aromatic rings. The van der Waals surface area contributed by atoms with Gasteiger partial charge in [-0.1, -0.05) is 0 Å². The van der Waals surface area contributed by atoms with Gasteiger partial charge in [-0.2, -0.15) is 0 Å². The number of hydrogen-bond acceptors (Lipinski definition) is 5. The Hall–Kier alpha value is -1.36. The first-order valence-corrected chi connectivity index (χ1v) is 5.06. The summed E-state index contributed by atoms with van der Waals surface area (Å²) in [7, 11) is 1.32. The van der Waals surface area contributed by atoms with E-state index in [-0.39, 0.29) is 5.76 Å². The standard InChI is InChI=1S/C10H14N2O3/c1-14-10(13)8-6-12-9(15-8)5-7-3-2-4-11-7/h6-7,11H,2-5H2,1H3. The average Bonchev–Trinajstić information content (AvgIpc) is 2.88. The Labute approximate surface area is 87.8 Å². The maximum atomic E-state index is 11.1. The second-order valence-electron chi connectivity index (χ2n) is 3.61. The first kappa shape index (κ1) is 10.2. The number of methoxy groups -OCH3 is 1. The van der Waals surface area contributed by atoms with Gasteiger partial charge in [0.25, 0.3) is 0 Å². The number of esters is 1. The van der Waals surface area contributed by atoms with Gasteiger partial charge in [-0.05, 0) is 19.4 Å². The molecule has 1 aliphatic rings. The van der Waals surface area contributed by atoms with E-state index in [9.17, 15) is 4.79 Å². The van der Waals surface area contributed by atoms with E-state index in [1.54, 1.807) is 0 Å². The van der Waals surface area contributed by atoms with Crippen LogP contribution in [0.2, 0.25) is 0 Å². The van der Waals surface area contributed by atoms with Gasteiger partial charge in [0.1, 0.15) is 0 Å². The minimum Gasteiger partial charge on any atom is -0.463 e. The van der Waals surface area contributed by atoms with E-state index in [2.05, 4.69) is 15.0 Å². The van der Waals surface area contributed by atoms with E-state index < -0.39 is 5.97 Å². The summed E-state index contributed by atoms with van der Waals surface area (Å²) < 4.78 is 9.80. The molecule has 0 spiro atoms. The molecular weight excluding hydrogens is 196 g/mol. The number of rotatable bonds is 3. The molecular formula is C10H14N2O3. The summed E-state index contributed by atoms with van der Waals surface area (Å²) in [6.45, 7) is 1.05. The SMILES string of the molecule is COC(=O)c1cnc(CC2CCCN2)o1. The normalized spacial score (nSPS) is 20.5. The maximum Gasteiger partial charge on any atom is 0.375 e. The van der Waals surface area contributed by atoms with Crippen LogP contribution in [-0.2, 0) is 11.2 Å². The zero-order chi connectivity index (χ0) is 10.7. The molecule has 0 radical (unpaired) electrons. The molecule has 1 aromatic heterocycles. The third kappa shape index (κ3) is 2.36. The Balaban J connectivity index is 1.97. The summed E-state index contributed by atoms with van der Waals surface area (Å²) in [6, 6.07) is 0.425. The second kappa shape index (κ2) is 4.44. The van der Waals surface area contributed by atoms with Crippen LogP contribution in [0.1, 0.15) is 29.3 Å². The number of carbonyl (C=O) groups excluding carboxylic acids is 1. The Morgan fingerprint density at radius 1 is 1.80 bits per heavy atom. The van der Waals surface area contributed by atoms with Crippen LogP contribution in [0.5, 0.6) is 0 Å². The van der Waals surface area contributed by atoms with E-state index in [0.717, 1.165) is 19.4 Å². The van der Waals surface area contributed by atoms with Crippen molar-refractivity contribution in [3.63, 3.8) is 0 Å². The van der Waals surface area contributed by atoms with Crippen LogP contribution in [0.25, 0.3) is 0 Å². The molecule has 1 unspecified atom stereocenters. The Kier molecular flexibility index (Phi) is 3.01. The van der Waals surface area contributed by atoms with Gasteiger partial charge in [-0.15, -0.1) is 0 Å². The molecule has 5 heteroatoms. The van der Waals surface area contributed by atoms with E-state index in [1.165, 1.54) is 19.7 Å². The van der Waals surface area contributed by atoms with Crippen molar-refractivity contribution in [2.75, 3.05) is 13.7 Å². The minimum atomic E-state index is -0.479. The second-order valence-corrected chi connectivity index (χ2v) is 3.61. The van der Waals surface area contributed by atoms with Gasteiger partial charge < -0.3 is 14.5 Å². The Morgan fingerprint density at radius 3 is 3.33 bits per heavy atom. The molecule has 2 rings (SSSR count). The first-order valence-electron chi connectivity index (χ1n) is 5.06. The molecule has 1 fully saturated rings. The molecule has 1 atom stereocenters. The highest BCUT2D eigenvalue weighted by atomic mass is 16.5. The van der Waals surface area contributed by atoms with Crippen LogP contribution in [0.3, 0.4) is 0 Å². The van der Waals surface area contributed by atoms with Gasteiger partial charge in [-0.3, -0.25) is 0 Å². The van der Waals surface area contributed by atoms with E-state index in [0.29, 0.717) is 11.9 Å². The monoisotopic (exact) mass is 210 g/mol. The molecule has 5 nitrogen and oxygen atoms in total. The molecule has 0 aliphatic carbocycles. The van der Waals surface area contributed by atoms with Gasteiger partial charge >= 0.3 is 5.97 Å². The van der Waals surface area contributed by atoms with Crippen LogP contribution in [0.4, 0.5) is 0 Å². The zero-order valence-corrected chi connectivity index (χ0v) is 8.66. The lowest BCUT2D eigenvalue weighted by Crippen LogP contribution is -2.23. The van der Waals surface area contributed by atoms with Crippen LogP contribution < -0.4 is 5.32 Å². The molecule has 1 aliphatic heterocycles. The van der Waals surface area contributed by atoms with Crippen molar-refractivity contribution < 1.29 is 13.9 Å². The lowest BCUT2D eigenvalue weighted by molar-refractivity contribution is 0.0563. The highest BCUT2D eigenvalue weighted by Gasteiger charge is 2.18. The molecule has 0 aromatic carbocycles. The van der Waals surface area contributed by atoms with Crippen molar-refractivity contribution >= 4 is 5.97 Å². The summed E-state index contributed by atoms with van der Waals surface area (Å²) in [5, 5.41) is 3.34. The first-order chi connectivity index (χ1) is 7.29. The molecule has 2 heterocycles. The lowest BCUT2D eigenvalue weighted by Gasteiger charge is -2.05. The zero-order valence-electron chi connectivity index (χ0n) is 8.66. The topological polar surface area (TPSA) is 64.4 Å². The fourth-order valence-electron chi connectivity index (χ4n) is 1.74.